The molecule has 0 aliphatic rings. The number of hydrogen-bond acceptors (Lipinski definition) is 3. The first-order valence-corrected chi connectivity index (χ1v) is 5.98. The van der Waals surface area contributed by atoms with Crippen molar-refractivity contribution in [3.05, 3.63) is 45.7 Å². The Balaban J connectivity index is 2.27. The number of benzene rings is 1. The lowest BCUT2D eigenvalue weighted by Crippen LogP contribution is -1.99. The second-order valence-electron chi connectivity index (χ2n) is 3.59. The summed E-state index contributed by atoms with van der Waals surface area (Å²) in [5.74, 6) is 0.701. The summed E-state index contributed by atoms with van der Waals surface area (Å²) in [6.45, 7) is 1.97. The van der Waals surface area contributed by atoms with E-state index in [4.69, 9.17) is 5.73 Å². The summed E-state index contributed by atoms with van der Waals surface area (Å²) in [5, 5.41) is 3.20. The molecular weight excluding hydrogens is 313 g/mol. The predicted molar refractivity (Wildman–Crippen MR) is 75.8 cm³/mol. The van der Waals surface area contributed by atoms with Crippen LogP contribution in [0.2, 0.25) is 0 Å². The van der Waals surface area contributed by atoms with Crippen molar-refractivity contribution >= 4 is 39.8 Å². The van der Waals surface area contributed by atoms with Gasteiger partial charge in [0, 0.05) is 15.5 Å². The van der Waals surface area contributed by atoms with Crippen molar-refractivity contribution in [3.63, 3.8) is 0 Å². The number of aryl methyl sites for hydroxylation is 1. The molecule has 1 heterocycles. The summed E-state index contributed by atoms with van der Waals surface area (Å²) < 4.78 is 1.17. The molecule has 4 heteroatoms. The van der Waals surface area contributed by atoms with Crippen LogP contribution in [0.5, 0.6) is 0 Å². The Bertz CT molecular complexity index is 511. The molecule has 0 radical (unpaired) electrons. The molecule has 0 amide bonds. The van der Waals surface area contributed by atoms with Crippen molar-refractivity contribution in [1.29, 1.82) is 0 Å². The summed E-state index contributed by atoms with van der Waals surface area (Å²) in [4.78, 5) is 4.26. The van der Waals surface area contributed by atoms with Gasteiger partial charge in [0.05, 0.1) is 5.69 Å². The number of rotatable bonds is 2. The maximum Gasteiger partial charge on any atom is 0.153 e. The SMILES string of the molecule is Cc1cnc(Nc2cccc(I)c2)c(N)c1. The number of nitrogens with two attached hydrogens (primary N) is 1. The smallest absolute Gasteiger partial charge is 0.153 e. The minimum atomic E-state index is 0.666. The van der Waals surface area contributed by atoms with Crippen molar-refractivity contribution in [3.8, 4) is 0 Å². The zero-order valence-corrected chi connectivity index (χ0v) is 11.0. The van der Waals surface area contributed by atoms with Crippen LogP contribution in [0.1, 0.15) is 5.56 Å². The summed E-state index contributed by atoms with van der Waals surface area (Å²) in [5.41, 5.74) is 8.60. The fourth-order valence-corrected chi connectivity index (χ4v) is 1.94. The van der Waals surface area contributed by atoms with Gasteiger partial charge in [-0.1, -0.05) is 6.07 Å². The molecule has 0 saturated carbocycles. The largest absolute Gasteiger partial charge is 0.396 e. The quantitative estimate of drug-likeness (QED) is 0.833. The van der Waals surface area contributed by atoms with Gasteiger partial charge in [-0.05, 0) is 59.3 Å². The molecule has 2 aromatic rings. The van der Waals surface area contributed by atoms with Gasteiger partial charge in [-0.25, -0.2) is 4.98 Å². The Morgan fingerprint density at radius 2 is 2.12 bits per heavy atom. The van der Waals surface area contributed by atoms with Gasteiger partial charge in [-0.15, -0.1) is 0 Å². The Morgan fingerprint density at radius 1 is 1.31 bits per heavy atom. The summed E-state index contributed by atoms with van der Waals surface area (Å²) in [7, 11) is 0. The van der Waals surface area contributed by atoms with Gasteiger partial charge in [0.1, 0.15) is 0 Å². The number of nitrogens with zero attached hydrogens (tertiary/aromatic N) is 1. The second kappa shape index (κ2) is 4.69. The van der Waals surface area contributed by atoms with Gasteiger partial charge in [0.25, 0.3) is 0 Å². The zero-order chi connectivity index (χ0) is 11.5. The molecule has 0 unspecified atom stereocenters. The third-order valence-corrected chi connectivity index (χ3v) is 2.81. The average Bonchev–Trinajstić information content (AvgIpc) is 2.22. The number of pyridine rings is 1. The highest BCUT2D eigenvalue weighted by atomic mass is 127. The minimum absolute atomic E-state index is 0.666. The Kier molecular flexibility index (Phi) is 3.28. The van der Waals surface area contributed by atoms with E-state index in [2.05, 4.69) is 32.9 Å². The van der Waals surface area contributed by atoms with E-state index in [1.165, 1.54) is 3.57 Å². The van der Waals surface area contributed by atoms with Gasteiger partial charge in [-0.3, -0.25) is 0 Å². The Morgan fingerprint density at radius 3 is 2.81 bits per heavy atom. The van der Waals surface area contributed by atoms with E-state index >= 15 is 0 Å². The summed E-state index contributed by atoms with van der Waals surface area (Å²) >= 11 is 2.27. The fraction of sp³-hybridized carbons (Fsp3) is 0.0833. The first-order chi connectivity index (χ1) is 7.65. The first-order valence-electron chi connectivity index (χ1n) is 4.90. The molecule has 0 bridgehead atoms. The molecule has 82 valence electrons. The van der Waals surface area contributed by atoms with Crippen molar-refractivity contribution in [1.82, 2.24) is 4.98 Å². The lowest BCUT2D eigenvalue weighted by Gasteiger charge is -2.08. The van der Waals surface area contributed by atoms with E-state index < -0.39 is 0 Å². The van der Waals surface area contributed by atoms with Crippen LogP contribution in [0.25, 0.3) is 0 Å². The molecule has 3 N–H and O–H groups in total. The molecular formula is C12H12IN3. The lowest BCUT2D eigenvalue weighted by molar-refractivity contribution is 1.26. The van der Waals surface area contributed by atoms with Gasteiger partial charge < -0.3 is 11.1 Å². The number of hydrogen-bond donors (Lipinski definition) is 2. The molecule has 2 rings (SSSR count). The minimum Gasteiger partial charge on any atom is -0.396 e. The molecule has 1 aromatic carbocycles. The number of aromatic nitrogens is 1. The standard InChI is InChI=1S/C12H12IN3/c1-8-5-11(14)12(15-7-8)16-10-4-2-3-9(13)6-10/h2-7H,14H2,1H3,(H,15,16). The normalized spacial score (nSPS) is 10.1. The van der Waals surface area contributed by atoms with Gasteiger partial charge in [0.15, 0.2) is 5.82 Å². The van der Waals surface area contributed by atoms with Crippen LogP contribution in [-0.2, 0) is 0 Å². The van der Waals surface area contributed by atoms with Crippen LogP contribution in [0.15, 0.2) is 36.5 Å². The lowest BCUT2D eigenvalue weighted by atomic mass is 10.2. The van der Waals surface area contributed by atoms with Crippen LogP contribution < -0.4 is 11.1 Å². The highest BCUT2D eigenvalue weighted by Gasteiger charge is 2.01. The van der Waals surface area contributed by atoms with Crippen LogP contribution in [0.4, 0.5) is 17.2 Å². The van der Waals surface area contributed by atoms with Crippen LogP contribution >= 0.6 is 22.6 Å². The third-order valence-electron chi connectivity index (χ3n) is 2.14. The van der Waals surface area contributed by atoms with Gasteiger partial charge in [-0.2, -0.15) is 0 Å². The van der Waals surface area contributed by atoms with Crippen LogP contribution in [0, 0.1) is 10.5 Å². The number of halogens is 1. The van der Waals surface area contributed by atoms with E-state index in [1.807, 2.05) is 37.3 Å². The van der Waals surface area contributed by atoms with Crippen molar-refractivity contribution in [2.75, 3.05) is 11.1 Å². The predicted octanol–water partition coefficient (Wildman–Crippen LogP) is 3.32. The van der Waals surface area contributed by atoms with Crippen LogP contribution in [0.3, 0.4) is 0 Å². The second-order valence-corrected chi connectivity index (χ2v) is 4.83. The van der Waals surface area contributed by atoms with E-state index in [0.29, 0.717) is 11.5 Å². The summed E-state index contributed by atoms with van der Waals surface area (Å²) in [6, 6.07) is 9.97. The molecule has 0 aliphatic heterocycles. The van der Waals surface area contributed by atoms with E-state index in [-0.39, 0.29) is 0 Å². The average molecular weight is 325 g/mol. The molecule has 0 saturated heterocycles. The van der Waals surface area contributed by atoms with E-state index in [9.17, 15) is 0 Å². The van der Waals surface area contributed by atoms with Gasteiger partial charge >= 0.3 is 0 Å². The third kappa shape index (κ3) is 2.63. The molecule has 0 atom stereocenters. The maximum atomic E-state index is 5.88. The molecule has 3 nitrogen and oxygen atoms in total. The first kappa shape index (κ1) is 11.2. The monoisotopic (exact) mass is 325 g/mol. The highest BCUT2D eigenvalue weighted by Crippen LogP contribution is 2.22. The molecule has 1 aromatic heterocycles. The van der Waals surface area contributed by atoms with E-state index in [0.717, 1.165) is 11.3 Å². The highest BCUT2D eigenvalue weighted by molar-refractivity contribution is 14.1. The Labute approximate surface area is 108 Å². The molecule has 16 heavy (non-hydrogen) atoms. The Hall–Kier alpha value is -1.30. The van der Waals surface area contributed by atoms with Crippen molar-refractivity contribution in [2.45, 2.75) is 6.92 Å². The van der Waals surface area contributed by atoms with Crippen molar-refractivity contribution < 1.29 is 0 Å². The number of nitrogen functional groups attached to an aromatic ring is 1. The fourth-order valence-electron chi connectivity index (χ4n) is 1.40. The maximum absolute atomic E-state index is 5.88. The zero-order valence-electron chi connectivity index (χ0n) is 8.87. The molecule has 0 fully saturated rings. The summed E-state index contributed by atoms with van der Waals surface area (Å²) in [6.07, 6.45) is 1.80. The van der Waals surface area contributed by atoms with Crippen molar-refractivity contribution in [2.24, 2.45) is 0 Å². The molecule has 0 aliphatic carbocycles. The van der Waals surface area contributed by atoms with Crippen LogP contribution in [-0.4, -0.2) is 4.98 Å². The molecule has 0 spiro atoms. The number of anilines is 3. The topological polar surface area (TPSA) is 50.9 Å². The van der Waals surface area contributed by atoms with E-state index in [1.54, 1.807) is 6.20 Å². The number of nitrogens with one attached hydrogen (secondary N) is 1. The van der Waals surface area contributed by atoms with Gasteiger partial charge in [0.2, 0.25) is 0 Å².